The van der Waals surface area contributed by atoms with Crippen molar-refractivity contribution in [2.75, 3.05) is 7.05 Å². The van der Waals surface area contributed by atoms with Gasteiger partial charge in [0.2, 0.25) is 0 Å². The van der Waals surface area contributed by atoms with Gasteiger partial charge < -0.3 is 9.84 Å². The summed E-state index contributed by atoms with van der Waals surface area (Å²) < 4.78 is 6.31. The van der Waals surface area contributed by atoms with Gasteiger partial charge in [-0.15, -0.1) is 0 Å². The first-order chi connectivity index (χ1) is 7.29. The van der Waals surface area contributed by atoms with Crippen LogP contribution in [-0.4, -0.2) is 17.2 Å². The van der Waals surface area contributed by atoms with Crippen molar-refractivity contribution in [2.24, 2.45) is 0 Å². The van der Waals surface area contributed by atoms with Crippen molar-refractivity contribution in [1.29, 1.82) is 0 Å². The van der Waals surface area contributed by atoms with Gasteiger partial charge in [-0.2, -0.15) is 4.98 Å². The second-order valence-electron chi connectivity index (χ2n) is 3.06. The Morgan fingerprint density at radius 1 is 1.47 bits per heavy atom. The number of hydrogen-bond donors (Lipinski definition) is 1. The number of nitrogens with one attached hydrogen (secondary N) is 1. The van der Waals surface area contributed by atoms with Crippen LogP contribution in [0.1, 0.15) is 5.82 Å². The molecule has 0 atom stereocenters. The van der Waals surface area contributed by atoms with Gasteiger partial charge in [0.15, 0.2) is 5.82 Å². The van der Waals surface area contributed by atoms with Crippen LogP contribution in [0.2, 0.25) is 0 Å². The summed E-state index contributed by atoms with van der Waals surface area (Å²) in [4.78, 5) is 4.27. The Bertz CT molecular complexity index is 455. The molecule has 0 aliphatic heterocycles. The van der Waals surface area contributed by atoms with Crippen LogP contribution < -0.4 is 5.32 Å². The topological polar surface area (TPSA) is 51.0 Å². The SMILES string of the molecule is CNCc1noc(-c2cccc(I)c2)n1. The Kier molecular flexibility index (Phi) is 3.32. The van der Waals surface area contributed by atoms with Crippen molar-refractivity contribution >= 4 is 22.6 Å². The molecule has 0 aliphatic carbocycles. The maximum atomic E-state index is 5.15. The molecule has 0 aliphatic rings. The van der Waals surface area contributed by atoms with Gasteiger partial charge in [0, 0.05) is 9.13 Å². The van der Waals surface area contributed by atoms with E-state index in [0.29, 0.717) is 18.3 Å². The Hall–Kier alpha value is -0.950. The first kappa shape index (κ1) is 10.6. The molecule has 0 bridgehead atoms. The second-order valence-corrected chi connectivity index (χ2v) is 4.30. The van der Waals surface area contributed by atoms with Crippen LogP contribution in [0.15, 0.2) is 28.8 Å². The van der Waals surface area contributed by atoms with E-state index < -0.39 is 0 Å². The highest BCUT2D eigenvalue weighted by molar-refractivity contribution is 14.1. The fourth-order valence-electron chi connectivity index (χ4n) is 1.22. The van der Waals surface area contributed by atoms with Gasteiger partial charge in [-0.3, -0.25) is 0 Å². The predicted octanol–water partition coefficient (Wildman–Crippen LogP) is 2.06. The lowest BCUT2D eigenvalue weighted by Gasteiger charge is -1.93. The molecule has 0 fully saturated rings. The molecule has 4 nitrogen and oxygen atoms in total. The first-order valence-electron chi connectivity index (χ1n) is 4.52. The van der Waals surface area contributed by atoms with Crippen LogP contribution in [0.5, 0.6) is 0 Å². The van der Waals surface area contributed by atoms with Gasteiger partial charge in [0.25, 0.3) is 5.89 Å². The number of nitrogens with zero attached hydrogens (tertiary/aromatic N) is 2. The molecule has 1 heterocycles. The highest BCUT2D eigenvalue weighted by atomic mass is 127. The molecule has 5 heteroatoms. The Balaban J connectivity index is 2.29. The number of hydrogen-bond acceptors (Lipinski definition) is 4. The average molecular weight is 315 g/mol. The zero-order valence-electron chi connectivity index (χ0n) is 8.20. The van der Waals surface area contributed by atoms with Gasteiger partial charge in [-0.25, -0.2) is 0 Å². The number of rotatable bonds is 3. The van der Waals surface area contributed by atoms with Gasteiger partial charge >= 0.3 is 0 Å². The van der Waals surface area contributed by atoms with Crippen molar-refractivity contribution < 1.29 is 4.52 Å². The molecule has 0 radical (unpaired) electrons. The zero-order chi connectivity index (χ0) is 10.7. The van der Waals surface area contributed by atoms with E-state index in [4.69, 9.17) is 4.52 Å². The first-order valence-corrected chi connectivity index (χ1v) is 5.60. The molecule has 0 amide bonds. The molecular formula is C10H10IN3O. The van der Waals surface area contributed by atoms with E-state index in [-0.39, 0.29) is 0 Å². The minimum Gasteiger partial charge on any atom is -0.334 e. The van der Waals surface area contributed by atoms with E-state index in [1.54, 1.807) is 0 Å². The summed E-state index contributed by atoms with van der Waals surface area (Å²) in [5, 5.41) is 6.83. The molecule has 0 unspecified atom stereocenters. The lowest BCUT2D eigenvalue weighted by atomic mass is 10.2. The number of aromatic nitrogens is 2. The highest BCUT2D eigenvalue weighted by Crippen LogP contribution is 2.19. The normalized spacial score (nSPS) is 10.5. The summed E-state index contributed by atoms with van der Waals surface area (Å²) in [6.45, 7) is 0.618. The largest absolute Gasteiger partial charge is 0.334 e. The predicted molar refractivity (Wildman–Crippen MR) is 65.2 cm³/mol. The van der Waals surface area contributed by atoms with Crippen LogP contribution in [-0.2, 0) is 6.54 Å². The highest BCUT2D eigenvalue weighted by Gasteiger charge is 2.07. The zero-order valence-corrected chi connectivity index (χ0v) is 10.4. The van der Waals surface area contributed by atoms with E-state index in [0.717, 1.165) is 9.13 Å². The lowest BCUT2D eigenvalue weighted by molar-refractivity contribution is 0.420. The summed E-state index contributed by atoms with van der Waals surface area (Å²) >= 11 is 2.25. The Morgan fingerprint density at radius 3 is 3.07 bits per heavy atom. The maximum absolute atomic E-state index is 5.15. The minimum absolute atomic E-state index is 0.568. The number of benzene rings is 1. The standard InChI is InChI=1S/C10H10IN3O/c1-12-6-9-13-10(15-14-9)7-3-2-4-8(11)5-7/h2-5,12H,6H2,1H3. The Morgan fingerprint density at radius 2 is 2.33 bits per heavy atom. The van der Waals surface area contributed by atoms with Crippen LogP contribution in [0.4, 0.5) is 0 Å². The van der Waals surface area contributed by atoms with Gasteiger partial charge in [0.05, 0.1) is 6.54 Å². The summed E-state index contributed by atoms with van der Waals surface area (Å²) in [7, 11) is 1.85. The fourth-order valence-corrected chi connectivity index (χ4v) is 1.77. The van der Waals surface area contributed by atoms with Crippen LogP contribution in [0, 0.1) is 3.57 Å². The summed E-state index contributed by atoms with van der Waals surface area (Å²) in [5.74, 6) is 1.24. The van der Waals surface area contributed by atoms with Crippen LogP contribution in [0.3, 0.4) is 0 Å². The van der Waals surface area contributed by atoms with Gasteiger partial charge in [0.1, 0.15) is 0 Å². The van der Waals surface area contributed by atoms with Crippen molar-refractivity contribution in [3.63, 3.8) is 0 Å². The molecule has 1 N–H and O–H groups in total. The molecular weight excluding hydrogens is 305 g/mol. The Labute approximate surface area is 101 Å². The second kappa shape index (κ2) is 4.71. The third kappa shape index (κ3) is 2.54. The molecule has 78 valence electrons. The van der Waals surface area contributed by atoms with Crippen molar-refractivity contribution in [3.8, 4) is 11.5 Å². The maximum Gasteiger partial charge on any atom is 0.258 e. The summed E-state index contributed by atoms with van der Waals surface area (Å²) in [5.41, 5.74) is 0.955. The molecule has 1 aromatic heterocycles. The summed E-state index contributed by atoms with van der Waals surface area (Å²) in [6, 6.07) is 7.96. The van der Waals surface area contributed by atoms with Crippen LogP contribution >= 0.6 is 22.6 Å². The van der Waals surface area contributed by atoms with Crippen molar-refractivity contribution in [1.82, 2.24) is 15.5 Å². The van der Waals surface area contributed by atoms with Gasteiger partial charge in [-0.1, -0.05) is 11.2 Å². The number of halogens is 1. The average Bonchev–Trinajstić information content (AvgIpc) is 2.67. The fraction of sp³-hybridized carbons (Fsp3) is 0.200. The smallest absolute Gasteiger partial charge is 0.258 e. The quantitative estimate of drug-likeness (QED) is 0.881. The monoisotopic (exact) mass is 315 g/mol. The van der Waals surface area contributed by atoms with E-state index in [1.807, 2.05) is 31.3 Å². The molecule has 2 aromatic rings. The van der Waals surface area contributed by atoms with E-state index in [1.165, 1.54) is 0 Å². The van der Waals surface area contributed by atoms with Gasteiger partial charge in [-0.05, 0) is 47.8 Å². The van der Waals surface area contributed by atoms with E-state index >= 15 is 0 Å². The molecule has 0 saturated heterocycles. The summed E-state index contributed by atoms with van der Waals surface area (Å²) in [6.07, 6.45) is 0. The van der Waals surface area contributed by atoms with Crippen molar-refractivity contribution in [2.45, 2.75) is 6.54 Å². The molecule has 15 heavy (non-hydrogen) atoms. The molecule has 0 spiro atoms. The third-order valence-corrected chi connectivity index (χ3v) is 2.55. The third-order valence-electron chi connectivity index (χ3n) is 1.87. The van der Waals surface area contributed by atoms with Crippen molar-refractivity contribution in [3.05, 3.63) is 33.7 Å². The van der Waals surface area contributed by atoms with E-state index in [2.05, 4.69) is 38.0 Å². The lowest BCUT2D eigenvalue weighted by Crippen LogP contribution is -2.06. The molecule has 2 rings (SSSR count). The van der Waals surface area contributed by atoms with Crippen LogP contribution in [0.25, 0.3) is 11.5 Å². The molecule has 1 aromatic carbocycles. The minimum atomic E-state index is 0.568. The van der Waals surface area contributed by atoms with E-state index in [9.17, 15) is 0 Å². The molecule has 0 saturated carbocycles.